The van der Waals surface area contributed by atoms with Crippen LogP contribution in [-0.4, -0.2) is 12.6 Å². The summed E-state index contributed by atoms with van der Waals surface area (Å²) in [7, 11) is 0. The Balaban J connectivity index is 2.33. The third-order valence-corrected chi connectivity index (χ3v) is 4.88. The van der Waals surface area contributed by atoms with E-state index in [9.17, 15) is 0 Å². The molecule has 0 amide bonds. The SMILES string of the molecule is CCCNC(CCC1CCCCC1)C(CC)CC. The normalized spacial score (nSPS) is 19.3. The van der Waals surface area contributed by atoms with Crippen molar-refractivity contribution in [1.29, 1.82) is 0 Å². The summed E-state index contributed by atoms with van der Waals surface area (Å²) >= 11 is 0. The van der Waals surface area contributed by atoms with Crippen LogP contribution >= 0.6 is 0 Å². The molecule has 18 heavy (non-hydrogen) atoms. The van der Waals surface area contributed by atoms with Gasteiger partial charge >= 0.3 is 0 Å². The Morgan fingerprint density at radius 3 is 2.22 bits per heavy atom. The zero-order chi connectivity index (χ0) is 13.2. The fourth-order valence-corrected chi connectivity index (χ4v) is 3.58. The maximum Gasteiger partial charge on any atom is 0.00952 e. The second-order valence-corrected chi connectivity index (χ2v) is 6.22. The van der Waals surface area contributed by atoms with Crippen molar-refractivity contribution < 1.29 is 0 Å². The summed E-state index contributed by atoms with van der Waals surface area (Å²) in [6.07, 6.45) is 14.3. The second-order valence-electron chi connectivity index (χ2n) is 6.22. The molecule has 1 N–H and O–H groups in total. The average molecular weight is 253 g/mol. The molecule has 0 saturated heterocycles. The van der Waals surface area contributed by atoms with Crippen LogP contribution < -0.4 is 5.32 Å². The van der Waals surface area contributed by atoms with E-state index in [0.717, 1.165) is 17.9 Å². The van der Waals surface area contributed by atoms with E-state index < -0.39 is 0 Å². The van der Waals surface area contributed by atoms with Crippen molar-refractivity contribution in [3.05, 3.63) is 0 Å². The van der Waals surface area contributed by atoms with Crippen LogP contribution in [-0.2, 0) is 0 Å². The second kappa shape index (κ2) is 9.83. The van der Waals surface area contributed by atoms with Crippen molar-refractivity contribution in [3.8, 4) is 0 Å². The van der Waals surface area contributed by atoms with Crippen molar-refractivity contribution in [2.75, 3.05) is 6.54 Å². The Bertz CT molecular complexity index is 180. The van der Waals surface area contributed by atoms with Crippen molar-refractivity contribution in [2.45, 2.75) is 91.0 Å². The molecule has 108 valence electrons. The van der Waals surface area contributed by atoms with Crippen molar-refractivity contribution in [2.24, 2.45) is 11.8 Å². The van der Waals surface area contributed by atoms with Gasteiger partial charge in [-0.25, -0.2) is 0 Å². The van der Waals surface area contributed by atoms with E-state index in [1.807, 2.05) is 0 Å². The summed E-state index contributed by atoms with van der Waals surface area (Å²) in [6, 6.07) is 0.780. The van der Waals surface area contributed by atoms with Crippen LogP contribution in [0.1, 0.15) is 85.0 Å². The molecule has 0 aromatic carbocycles. The van der Waals surface area contributed by atoms with E-state index in [0.29, 0.717) is 0 Å². The van der Waals surface area contributed by atoms with Gasteiger partial charge in [-0.15, -0.1) is 0 Å². The van der Waals surface area contributed by atoms with Crippen molar-refractivity contribution in [1.82, 2.24) is 5.32 Å². The lowest BCUT2D eigenvalue weighted by molar-refractivity contribution is 0.267. The first kappa shape index (κ1) is 16.0. The fraction of sp³-hybridized carbons (Fsp3) is 1.00. The Labute approximate surface area is 115 Å². The van der Waals surface area contributed by atoms with Gasteiger partial charge in [0.2, 0.25) is 0 Å². The van der Waals surface area contributed by atoms with Gasteiger partial charge < -0.3 is 5.32 Å². The molecular formula is C17H35N. The van der Waals surface area contributed by atoms with Crippen LogP contribution in [0.15, 0.2) is 0 Å². The van der Waals surface area contributed by atoms with Gasteiger partial charge in [0.15, 0.2) is 0 Å². The molecule has 0 bridgehead atoms. The molecule has 1 aliphatic rings. The molecule has 0 aromatic heterocycles. The maximum atomic E-state index is 3.81. The van der Waals surface area contributed by atoms with Crippen LogP contribution in [0, 0.1) is 11.8 Å². The topological polar surface area (TPSA) is 12.0 Å². The highest BCUT2D eigenvalue weighted by Gasteiger charge is 2.20. The first-order chi connectivity index (χ1) is 8.81. The smallest absolute Gasteiger partial charge is 0.00952 e. The maximum absolute atomic E-state index is 3.81. The van der Waals surface area contributed by atoms with Gasteiger partial charge in [0.05, 0.1) is 0 Å². The van der Waals surface area contributed by atoms with Crippen LogP contribution in [0.4, 0.5) is 0 Å². The number of nitrogens with one attached hydrogen (secondary N) is 1. The van der Waals surface area contributed by atoms with Gasteiger partial charge in [0, 0.05) is 6.04 Å². The molecule has 1 nitrogen and oxygen atoms in total. The third-order valence-electron chi connectivity index (χ3n) is 4.88. The van der Waals surface area contributed by atoms with E-state index in [1.54, 1.807) is 0 Å². The van der Waals surface area contributed by atoms with E-state index in [1.165, 1.54) is 70.8 Å². The Hall–Kier alpha value is -0.0400. The molecular weight excluding hydrogens is 218 g/mol. The average Bonchev–Trinajstić information content (AvgIpc) is 2.43. The molecule has 0 spiro atoms. The Morgan fingerprint density at radius 1 is 1.00 bits per heavy atom. The monoisotopic (exact) mass is 253 g/mol. The first-order valence-electron chi connectivity index (χ1n) is 8.55. The Morgan fingerprint density at radius 2 is 1.67 bits per heavy atom. The molecule has 1 aliphatic carbocycles. The summed E-state index contributed by atoms with van der Waals surface area (Å²) in [4.78, 5) is 0. The van der Waals surface area contributed by atoms with E-state index >= 15 is 0 Å². The van der Waals surface area contributed by atoms with Crippen molar-refractivity contribution >= 4 is 0 Å². The number of hydrogen-bond donors (Lipinski definition) is 1. The molecule has 0 aromatic rings. The van der Waals surface area contributed by atoms with Crippen molar-refractivity contribution in [3.63, 3.8) is 0 Å². The van der Waals surface area contributed by atoms with Gasteiger partial charge in [-0.3, -0.25) is 0 Å². The number of hydrogen-bond acceptors (Lipinski definition) is 1. The summed E-state index contributed by atoms with van der Waals surface area (Å²) < 4.78 is 0. The van der Waals surface area contributed by atoms with E-state index in [4.69, 9.17) is 0 Å². The zero-order valence-corrected chi connectivity index (χ0v) is 13.0. The fourth-order valence-electron chi connectivity index (χ4n) is 3.58. The highest BCUT2D eigenvalue weighted by molar-refractivity contribution is 4.77. The van der Waals surface area contributed by atoms with Gasteiger partial charge in [-0.05, 0) is 37.6 Å². The van der Waals surface area contributed by atoms with Gasteiger partial charge in [0.1, 0.15) is 0 Å². The van der Waals surface area contributed by atoms with E-state index in [-0.39, 0.29) is 0 Å². The molecule has 0 heterocycles. The largest absolute Gasteiger partial charge is 0.314 e. The molecule has 1 unspecified atom stereocenters. The minimum Gasteiger partial charge on any atom is -0.314 e. The van der Waals surface area contributed by atoms with Gasteiger partial charge in [-0.2, -0.15) is 0 Å². The van der Waals surface area contributed by atoms with Crippen LogP contribution in [0.25, 0.3) is 0 Å². The predicted octanol–water partition coefficient (Wildman–Crippen LogP) is 5.15. The summed E-state index contributed by atoms with van der Waals surface area (Å²) in [5.41, 5.74) is 0. The predicted molar refractivity (Wildman–Crippen MR) is 82.0 cm³/mol. The lowest BCUT2D eigenvalue weighted by Crippen LogP contribution is -2.36. The zero-order valence-electron chi connectivity index (χ0n) is 13.0. The van der Waals surface area contributed by atoms with Gasteiger partial charge in [-0.1, -0.05) is 65.7 Å². The molecule has 1 heteroatoms. The van der Waals surface area contributed by atoms with Crippen LogP contribution in [0.5, 0.6) is 0 Å². The molecule has 1 saturated carbocycles. The minimum absolute atomic E-state index is 0.780. The first-order valence-corrected chi connectivity index (χ1v) is 8.55. The number of rotatable bonds is 9. The lowest BCUT2D eigenvalue weighted by atomic mass is 9.82. The van der Waals surface area contributed by atoms with E-state index in [2.05, 4.69) is 26.1 Å². The standard InChI is InChI=1S/C17H35N/c1-4-14-18-17(16(5-2)6-3)13-12-15-10-8-7-9-11-15/h15-18H,4-14H2,1-3H3. The molecule has 1 atom stereocenters. The summed E-state index contributed by atoms with van der Waals surface area (Å²) in [5, 5.41) is 3.81. The molecule has 1 rings (SSSR count). The quantitative estimate of drug-likeness (QED) is 0.599. The third kappa shape index (κ3) is 5.73. The van der Waals surface area contributed by atoms with Gasteiger partial charge in [0.25, 0.3) is 0 Å². The summed E-state index contributed by atoms with van der Waals surface area (Å²) in [5.74, 6) is 1.93. The molecule has 1 fully saturated rings. The van der Waals surface area contributed by atoms with Crippen LogP contribution in [0.3, 0.4) is 0 Å². The molecule has 0 aliphatic heterocycles. The summed E-state index contributed by atoms with van der Waals surface area (Å²) in [6.45, 7) is 8.19. The highest BCUT2D eigenvalue weighted by atomic mass is 14.9. The minimum atomic E-state index is 0.780. The highest BCUT2D eigenvalue weighted by Crippen LogP contribution is 2.29. The Kier molecular flexibility index (Phi) is 8.75. The lowest BCUT2D eigenvalue weighted by Gasteiger charge is -2.29. The van der Waals surface area contributed by atoms with Crippen LogP contribution in [0.2, 0.25) is 0 Å². The molecule has 0 radical (unpaired) electrons.